The fourth-order valence-corrected chi connectivity index (χ4v) is 2.57. The maximum Gasteiger partial charge on any atom is 0.227 e. The Balaban J connectivity index is 2.98. The summed E-state index contributed by atoms with van der Waals surface area (Å²) >= 11 is 3.49. The largest absolute Gasteiger partial charge is 0.490 e. The number of rotatable bonds is 9. The number of benzene rings is 1. The Morgan fingerprint density at radius 1 is 1.18 bits per heavy atom. The Hall–Kier alpha value is -1.27. The van der Waals surface area contributed by atoms with Crippen LogP contribution in [0.1, 0.15) is 26.3 Å². The third-order valence-corrected chi connectivity index (χ3v) is 3.90. The molecule has 6 heteroatoms. The molecule has 5 nitrogen and oxygen atoms in total. The molecule has 0 aliphatic heterocycles. The molecule has 0 unspecified atom stereocenters. The highest BCUT2D eigenvalue weighted by Gasteiger charge is 2.16. The minimum atomic E-state index is -0.0335. The molecule has 124 valence electrons. The van der Waals surface area contributed by atoms with Crippen LogP contribution in [0.25, 0.3) is 0 Å². The Morgan fingerprint density at radius 2 is 1.77 bits per heavy atom. The number of aliphatic hydroxyl groups is 1. The average Bonchev–Trinajstić information content (AvgIpc) is 2.49. The van der Waals surface area contributed by atoms with E-state index in [0.717, 1.165) is 10.0 Å². The van der Waals surface area contributed by atoms with Crippen molar-refractivity contribution >= 4 is 21.8 Å². The molecule has 0 radical (unpaired) electrons. The molecule has 22 heavy (non-hydrogen) atoms. The van der Waals surface area contributed by atoms with E-state index in [2.05, 4.69) is 15.9 Å². The maximum atomic E-state index is 12.3. The number of nitrogens with zero attached hydrogens (tertiary/aromatic N) is 1. The smallest absolute Gasteiger partial charge is 0.227 e. The highest BCUT2D eigenvalue weighted by molar-refractivity contribution is 9.10. The van der Waals surface area contributed by atoms with Crippen molar-refractivity contribution in [2.75, 3.05) is 32.9 Å². The summed E-state index contributed by atoms with van der Waals surface area (Å²) in [4.78, 5) is 13.9. The molecule has 1 amide bonds. The zero-order valence-corrected chi connectivity index (χ0v) is 15.0. The van der Waals surface area contributed by atoms with E-state index in [1.165, 1.54) is 0 Å². The van der Waals surface area contributed by atoms with Crippen molar-refractivity contribution in [1.82, 2.24) is 4.90 Å². The van der Waals surface area contributed by atoms with Gasteiger partial charge in [-0.2, -0.15) is 0 Å². The molecule has 0 atom stereocenters. The minimum Gasteiger partial charge on any atom is -0.490 e. The van der Waals surface area contributed by atoms with Crippen LogP contribution in [0.15, 0.2) is 16.6 Å². The molecule has 0 aliphatic rings. The second-order valence-corrected chi connectivity index (χ2v) is 5.48. The van der Waals surface area contributed by atoms with Crippen LogP contribution in [0.2, 0.25) is 0 Å². The minimum absolute atomic E-state index is 0.0242. The van der Waals surface area contributed by atoms with Gasteiger partial charge in [-0.15, -0.1) is 0 Å². The van der Waals surface area contributed by atoms with Crippen LogP contribution in [-0.4, -0.2) is 48.8 Å². The fraction of sp³-hybridized carbons (Fsp3) is 0.562. The fourth-order valence-electron chi connectivity index (χ4n) is 2.10. The molecule has 1 aromatic carbocycles. The molecule has 0 aliphatic carbocycles. The van der Waals surface area contributed by atoms with Gasteiger partial charge >= 0.3 is 0 Å². The number of amides is 1. The molecule has 0 heterocycles. The van der Waals surface area contributed by atoms with Crippen LogP contribution >= 0.6 is 15.9 Å². The lowest BCUT2D eigenvalue weighted by Gasteiger charge is -2.20. The zero-order chi connectivity index (χ0) is 16.5. The van der Waals surface area contributed by atoms with E-state index in [4.69, 9.17) is 14.6 Å². The van der Waals surface area contributed by atoms with E-state index >= 15 is 0 Å². The summed E-state index contributed by atoms with van der Waals surface area (Å²) in [6, 6.07) is 3.67. The zero-order valence-electron chi connectivity index (χ0n) is 13.4. The van der Waals surface area contributed by atoms with Gasteiger partial charge in [0, 0.05) is 17.6 Å². The van der Waals surface area contributed by atoms with Gasteiger partial charge in [-0.25, -0.2) is 0 Å². The molecule has 1 rings (SSSR count). The first-order valence-corrected chi connectivity index (χ1v) is 8.33. The summed E-state index contributed by atoms with van der Waals surface area (Å²) in [7, 11) is 0. The van der Waals surface area contributed by atoms with Crippen LogP contribution in [0, 0.1) is 0 Å². The monoisotopic (exact) mass is 373 g/mol. The molecule has 1 aromatic rings. The second kappa shape index (κ2) is 9.69. The van der Waals surface area contributed by atoms with Gasteiger partial charge in [0.05, 0.1) is 26.2 Å². The van der Waals surface area contributed by atoms with E-state index in [9.17, 15) is 4.79 Å². The molecule has 0 aromatic heterocycles. The summed E-state index contributed by atoms with van der Waals surface area (Å²) in [6.45, 7) is 7.68. The van der Waals surface area contributed by atoms with Gasteiger partial charge in [0.1, 0.15) is 0 Å². The summed E-state index contributed by atoms with van der Waals surface area (Å²) in [5.74, 6) is 1.28. The Bertz CT molecular complexity index is 493. The maximum absolute atomic E-state index is 12.3. The quantitative estimate of drug-likeness (QED) is 0.722. The lowest BCUT2D eigenvalue weighted by molar-refractivity contribution is -0.130. The van der Waals surface area contributed by atoms with Crippen LogP contribution in [-0.2, 0) is 11.2 Å². The van der Waals surface area contributed by atoms with Gasteiger partial charge in [0.2, 0.25) is 5.91 Å². The summed E-state index contributed by atoms with van der Waals surface area (Å²) in [5.41, 5.74) is 0.841. The van der Waals surface area contributed by atoms with Gasteiger partial charge in [-0.3, -0.25) is 4.79 Å². The van der Waals surface area contributed by atoms with E-state index in [0.29, 0.717) is 37.8 Å². The van der Waals surface area contributed by atoms with Crippen LogP contribution in [0.5, 0.6) is 11.5 Å². The first kappa shape index (κ1) is 18.8. The van der Waals surface area contributed by atoms with Gasteiger partial charge in [-0.05, 0) is 38.5 Å². The first-order chi connectivity index (χ1) is 10.6. The number of carbonyl (C=O) groups is 1. The molecule has 0 bridgehead atoms. The summed E-state index contributed by atoms with van der Waals surface area (Å²) in [5, 5.41) is 9.01. The second-order valence-electron chi connectivity index (χ2n) is 4.63. The molecule has 0 fully saturated rings. The SMILES string of the molecule is CCOc1cc(Br)c(CC(=O)N(CC)CCO)cc1OCC. The van der Waals surface area contributed by atoms with Crippen LogP contribution in [0.4, 0.5) is 0 Å². The van der Waals surface area contributed by atoms with Crippen molar-refractivity contribution in [3.8, 4) is 11.5 Å². The average molecular weight is 374 g/mol. The van der Waals surface area contributed by atoms with Crippen molar-refractivity contribution in [2.24, 2.45) is 0 Å². The molecule has 1 N–H and O–H groups in total. The molecular weight excluding hydrogens is 350 g/mol. The third kappa shape index (κ3) is 5.18. The highest BCUT2D eigenvalue weighted by Crippen LogP contribution is 2.34. The molecular formula is C16H24BrNO4. The lowest BCUT2D eigenvalue weighted by atomic mass is 10.1. The van der Waals surface area contributed by atoms with Crippen molar-refractivity contribution in [3.63, 3.8) is 0 Å². The van der Waals surface area contributed by atoms with Crippen molar-refractivity contribution in [1.29, 1.82) is 0 Å². The topological polar surface area (TPSA) is 59.0 Å². The number of carbonyl (C=O) groups excluding carboxylic acids is 1. The number of likely N-dealkylation sites (N-methyl/N-ethyl adjacent to an activating group) is 1. The van der Waals surface area contributed by atoms with Gasteiger partial charge in [0.15, 0.2) is 11.5 Å². The molecule has 0 saturated heterocycles. The van der Waals surface area contributed by atoms with E-state index < -0.39 is 0 Å². The Labute approximate surface area is 140 Å². The normalized spacial score (nSPS) is 10.4. The van der Waals surface area contributed by atoms with Crippen molar-refractivity contribution in [3.05, 3.63) is 22.2 Å². The third-order valence-electron chi connectivity index (χ3n) is 3.16. The van der Waals surface area contributed by atoms with Crippen molar-refractivity contribution < 1.29 is 19.4 Å². The lowest BCUT2D eigenvalue weighted by Crippen LogP contribution is -2.34. The summed E-state index contributed by atoms with van der Waals surface area (Å²) in [6.07, 6.45) is 0.251. The number of halogens is 1. The van der Waals surface area contributed by atoms with E-state index in [-0.39, 0.29) is 18.9 Å². The van der Waals surface area contributed by atoms with E-state index in [1.54, 1.807) is 4.90 Å². The standard InChI is InChI=1S/C16H24BrNO4/c1-4-18(7-8-19)16(20)10-12-9-14(21-5-2)15(22-6-3)11-13(12)17/h9,11,19H,4-8,10H2,1-3H3. The van der Waals surface area contributed by atoms with Gasteiger partial charge in [0.25, 0.3) is 0 Å². The number of ether oxygens (including phenoxy) is 2. The first-order valence-electron chi connectivity index (χ1n) is 7.53. The molecule has 0 saturated carbocycles. The number of hydrogen-bond donors (Lipinski definition) is 1. The predicted molar refractivity (Wildman–Crippen MR) is 89.5 cm³/mol. The Morgan fingerprint density at radius 3 is 2.27 bits per heavy atom. The number of aliphatic hydroxyl groups excluding tert-OH is 1. The van der Waals surface area contributed by atoms with Crippen molar-refractivity contribution in [2.45, 2.75) is 27.2 Å². The van der Waals surface area contributed by atoms with Crippen LogP contribution in [0.3, 0.4) is 0 Å². The summed E-state index contributed by atoms with van der Waals surface area (Å²) < 4.78 is 12.0. The molecule has 0 spiro atoms. The van der Waals surface area contributed by atoms with Gasteiger partial charge < -0.3 is 19.5 Å². The highest BCUT2D eigenvalue weighted by atomic mass is 79.9. The predicted octanol–water partition coefficient (Wildman–Crippen LogP) is 2.63. The van der Waals surface area contributed by atoms with Gasteiger partial charge in [-0.1, -0.05) is 15.9 Å². The van der Waals surface area contributed by atoms with E-state index in [1.807, 2.05) is 32.9 Å². The number of hydrogen-bond acceptors (Lipinski definition) is 4. The Kier molecular flexibility index (Phi) is 8.27. The van der Waals surface area contributed by atoms with Crippen LogP contribution < -0.4 is 9.47 Å².